The quantitative estimate of drug-likeness (QED) is 0.755. The Kier molecular flexibility index (Phi) is 3.19. The minimum Gasteiger partial charge on any atom is -0.378 e. The van der Waals surface area contributed by atoms with Crippen LogP contribution in [0.25, 0.3) is 0 Å². The van der Waals surface area contributed by atoms with Gasteiger partial charge in [-0.1, -0.05) is 0 Å². The van der Waals surface area contributed by atoms with Crippen LogP contribution in [0.1, 0.15) is 11.1 Å². The first kappa shape index (κ1) is 11.1. The third-order valence-electron chi connectivity index (χ3n) is 3.01. The summed E-state index contributed by atoms with van der Waals surface area (Å²) in [7, 11) is 0. The van der Waals surface area contributed by atoms with E-state index in [-0.39, 0.29) is 0 Å². The SMILES string of the molecule is Cc1cc(N2CCOCC2)c(C)cc1N=[NH2+]. The normalized spacial score (nSPS) is 16.2. The van der Waals surface area contributed by atoms with Crippen LogP contribution in [0.15, 0.2) is 17.2 Å². The van der Waals surface area contributed by atoms with Gasteiger partial charge in [-0.2, -0.15) is 5.53 Å². The van der Waals surface area contributed by atoms with Crippen LogP contribution in [-0.2, 0) is 4.74 Å². The van der Waals surface area contributed by atoms with Crippen LogP contribution in [0.3, 0.4) is 0 Å². The molecule has 1 aliphatic rings. The number of aryl methyl sites for hydroxylation is 2. The van der Waals surface area contributed by atoms with E-state index in [0.29, 0.717) is 0 Å². The number of hydrogen-bond donors (Lipinski definition) is 1. The zero-order valence-corrected chi connectivity index (χ0v) is 9.86. The summed E-state index contributed by atoms with van der Waals surface area (Å²) in [4.78, 5) is 2.35. The van der Waals surface area contributed by atoms with Crippen molar-refractivity contribution < 1.29 is 10.3 Å². The van der Waals surface area contributed by atoms with Crippen molar-refractivity contribution >= 4 is 11.4 Å². The van der Waals surface area contributed by atoms with Crippen LogP contribution < -0.4 is 10.4 Å². The Morgan fingerprint density at radius 3 is 2.50 bits per heavy atom. The second-order valence-corrected chi connectivity index (χ2v) is 4.15. The molecular formula is C12H18N3O+. The van der Waals surface area contributed by atoms with Crippen molar-refractivity contribution in [2.24, 2.45) is 5.11 Å². The fraction of sp³-hybridized carbons (Fsp3) is 0.500. The molecule has 1 aromatic carbocycles. The molecule has 1 saturated heterocycles. The Bertz CT molecular complexity index is 397. The smallest absolute Gasteiger partial charge is 0.133 e. The number of ether oxygens (including phenoxy) is 1. The molecule has 1 aromatic rings. The van der Waals surface area contributed by atoms with E-state index in [9.17, 15) is 0 Å². The summed E-state index contributed by atoms with van der Waals surface area (Å²) in [6.07, 6.45) is 0. The summed E-state index contributed by atoms with van der Waals surface area (Å²) >= 11 is 0. The van der Waals surface area contributed by atoms with Crippen LogP contribution in [0.4, 0.5) is 11.4 Å². The van der Waals surface area contributed by atoms with Crippen molar-refractivity contribution in [3.63, 3.8) is 0 Å². The van der Waals surface area contributed by atoms with Crippen molar-refractivity contribution in [2.75, 3.05) is 31.2 Å². The highest BCUT2D eigenvalue weighted by molar-refractivity contribution is 5.62. The molecule has 1 fully saturated rings. The summed E-state index contributed by atoms with van der Waals surface area (Å²) in [5, 5.41) is 3.77. The first-order chi connectivity index (χ1) is 7.72. The number of anilines is 1. The van der Waals surface area contributed by atoms with E-state index in [0.717, 1.165) is 37.6 Å². The molecule has 4 nitrogen and oxygen atoms in total. The van der Waals surface area contributed by atoms with E-state index in [1.807, 2.05) is 13.0 Å². The van der Waals surface area contributed by atoms with Gasteiger partial charge in [0.25, 0.3) is 0 Å². The number of nitrogens with two attached hydrogens (primary N) is 1. The van der Waals surface area contributed by atoms with E-state index in [4.69, 9.17) is 10.3 Å². The molecule has 16 heavy (non-hydrogen) atoms. The van der Waals surface area contributed by atoms with Gasteiger partial charge < -0.3 is 9.64 Å². The van der Waals surface area contributed by atoms with Crippen molar-refractivity contribution in [3.05, 3.63) is 23.3 Å². The predicted molar refractivity (Wildman–Crippen MR) is 63.0 cm³/mol. The summed E-state index contributed by atoms with van der Waals surface area (Å²) in [6, 6.07) is 4.20. The average molecular weight is 220 g/mol. The zero-order chi connectivity index (χ0) is 11.5. The fourth-order valence-electron chi connectivity index (χ4n) is 2.07. The van der Waals surface area contributed by atoms with Gasteiger partial charge in [0.05, 0.1) is 13.2 Å². The van der Waals surface area contributed by atoms with Gasteiger partial charge in [0, 0.05) is 18.8 Å². The van der Waals surface area contributed by atoms with Crippen LogP contribution in [0, 0.1) is 13.8 Å². The van der Waals surface area contributed by atoms with Crippen LogP contribution in [-0.4, -0.2) is 26.3 Å². The maximum atomic E-state index is 5.36. The average Bonchev–Trinajstić information content (AvgIpc) is 2.32. The first-order valence-electron chi connectivity index (χ1n) is 5.57. The molecule has 4 heteroatoms. The van der Waals surface area contributed by atoms with E-state index in [1.165, 1.54) is 11.3 Å². The lowest BCUT2D eigenvalue weighted by molar-refractivity contribution is -0.210. The maximum Gasteiger partial charge on any atom is 0.133 e. The molecule has 0 radical (unpaired) electrons. The molecule has 2 rings (SSSR count). The van der Waals surface area contributed by atoms with Gasteiger partial charge >= 0.3 is 0 Å². The Balaban J connectivity index is 2.33. The summed E-state index contributed by atoms with van der Waals surface area (Å²) in [6.45, 7) is 7.66. The second-order valence-electron chi connectivity index (χ2n) is 4.15. The number of nitrogens with zero attached hydrogens (tertiary/aromatic N) is 2. The number of hydrogen-bond acceptors (Lipinski definition) is 3. The standard InChI is InChI=1S/C12H17N3O/c1-9-8-12(10(2)7-11(9)14-13)15-3-5-16-6-4-15/h7-8,13H,3-6H2,1-2H3/p+1. The Labute approximate surface area is 95.7 Å². The number of rotatable bonds is 2. The van der Waals surface area contributed by atoms with Gasteiger partial charge in [-0.15, -0.1) is 0 Å². The largest absolute Gasteiger partial charge is 0.378 e. The summed E-state index contributed by atoms with van der Waals surface area (Å²) < 4.78 is 5.36. The Morgan fingerprint density at radius 2 is 1.88 bits per heavy atom. The van der Waals surface area contributed by atoms with Gasteiger partial charge in [-0.05, 0) is 42.2 Å². The van der Waals surface area contributed by atoms with E-state index in [1.54, 1.807) is 0 Å². The molecule has 86 valence electrons. The predicted octanol–water partition coefficient (Wildman–Crippen LogP) is 0.983. The monoisotopic (exact) mass is 220 g/mol. The molecule has 0 aromatic heterocycles. The van der Waals surface area contributed by atoms with Crippen LogP contribution in [0.5, 0.6) is 0 Å². The van der Waals surface area contributed by atoms with Crippen LogP contribution in [0.2, 0.25) is 0 Å². The molecular weight excluding hydrogens is 202 g/mol. The van der Waals surface area contributed by atoms with Crippen molar-refractivity contribution in [2.45, 2.75) is 13.8 Å². The minimum absolute atomic E-state index is 0.807. The van der Waals surface area contributed by atoms with Crippen molar-refractivity contribution in [3.8, 4) is 0 Å². The minimum atomic E-state index is 0.807. The van der Waals surface area contributed by atoms with Gasteiger partial charge in [-0.25, -0.2) is 0 Å². The third kappa shape index (κ3) is 2.07. The lowest BCUT2D eigenvalue weighted by atomic mass is 10.1. The lowest BCUT2D eigenvalue weighted by Crippen LogP contribution is -2.36. The molecule has 0 atom stereocenters. The number of benzene rings is 1. The van der Waals surface area contributed by atoms with Crippen molar-refractivity contribution in [1.82, 2.24) is 0 Å². The molecule has 0 unspecified atom stereocenters. The van der Waals surface area contributed by atoms with Crippen LogP contribution >= 0.6 is 0 Å². The Morgan fingerprint density at radius 1 is 1.19 bits per heavy atom. The topological polar surface area (TPSA) is 50.4 Å². The van der Waals surface area contributed by atoms with Crippen molar-refractivity contribution in [1.29, 1.82) is 0 Å². The van der Waals surface area contributed by atoms with Gasteiger partial charge in [0.1, 0.15) is 5.69 Å². The maximum absolute atomic E-state index is 5.36. The first-order valence-corrected chi connectivity index (χ1v) is 5.57. The van der Waals surface area contributed by atoms with E-state index >= 15 is 0 Å². The Hall–Kier alpha value is -1.42. The summed E-state index contributed by atoms with van der Waals surface area (Å²) in [5.41, 5.74) is 9.82. The molecule has 0 bridgehead atoms. The highest BCUT2D eigenvalue weighted by Gasteiger charge is 2.14. The van der Waals surface area contributed by atoms with E-state index < -0.39 is 0 Å². The fourth-order valence-corrected chi connectivity index (χ4v) is 2.07. The molecule has 1 heterocycles. The molecule has 0 aliphatic carbocycles. The number of morpholine rings is 1. The zero-order valence-electron chi connectivity index (χ0n) is 9.86. The molecule has 0 spiro atoms. The molecule has 1 aliphatic heterocycles. The lowest BCUT2D eigenvalue weighted by Gasteiger charge is -2.30. The third-order valence-corrected chi connectivity index (χ3v) is 3.01. The molecule has 0 saturated carbocycles. The summed E-state index contributed by atoms with van der Waals surface area (Å²) in [5.74, 6) is 0. The molecule has 0 amide bonds. The van der Waals surface area contributed by atoms with Gasteiger partial charge in [-0.3, -0.25) is 0 Å². The highest BCUT2D eigenvalue weighted by Crippen LogP contribution is 2.28. The molecule has 2 N–H and O–H groups in total. The highest BCUT2D eigenvalue weighted by atomic mass is 16.5. The second kappa shape index (κ2) is 4.61. The van der Waals surface area contributed by atoms with E-state index in [2.05, 4.69) is 23.0 Å². The van der Waals surface area contributed by atoms with Gasteiger partial charge in [0.2, 0.25) is 0 Å². The van der Waals surface area contributed by atoms with Gasteiger partial charge in [0.15, 0.2) is 0 Å².